The topological polar surface area (TPSA) is 111 Å². The number of imide groups is 1. The normalized spacial score (nSPS) is 24.4. The van der Waals surface area contributed by atoms with Crippen LogP contribution in [0.15, 0.2) is 18.2 Å². The van der Waals surface area contributed by atoms with Gasteiger partial charge in [0.05, 0.1) is 17.7 Å². The maximum atomic E-state index is 12.1. The quantitative estimate of drug-likeness (QED) is 0.638. The molecule has 7 heteroatoms. The van der Waals surface area contributed by atoms with Crippen LogP contribution in [-0.4, -0.2) is 36.5 Å². The predicted octanol–water partition coefficient (Wildman–Crippen LogP) is -0.374. The Balaban J connectivity index is 1.82. The first-order valence-electron chi connectivity index (χ1n) is 6.17. The van der Waals surface area contributed by atoms with Gasteiger partial charge in [-0.05, 0) is 24.6 Å². The molecule has 2 aliphatic heterocycles. The number of hydrogen-bond donors (Lipinski definition) is 3. The Kier molecular flexibility index (Phi) is 2.81. The lowest BCUT2D eigenvalue weighted by molar-refractivity contribution is -0.121. The third kappa shape index (κ3) is 1.97. The highest BCUT2D eigenvalue weighted by atomic mass is 16.5. The number of benzene rings is 1. The van der Waals surface area contributed by atoms with E-state index in [9.17, 15) is 14.4 Å². The van der Waals surface area contributed by atoms with E-state index in [1.165, 1.54) is 12.1 Å². The van der Waals surface area contributed by atoms with Crippen LogP contribution >= 0.6 is 0 Å². The summed E-state index contributed by atoms with van der Waals surface area (Å²) in [6.45, 7) is 0.619. The van der Waals surface area contributed by atoms with Gasteiger partial charge in [-0.25, -0.2) is 0 Å². The van der Waals surface area contributed by atoms with Crippen LogP contribution in [0.5, 0.6) is 0 Å². The first-order chi connectivity index (χ1) is 9.49. The van der Waals surface area contributed by atoms with Crippen LogP contribution in [0.2, 0.25) is 0 Å². The van der Waals surface area contributed by atoms with Crippen molar-refractivity contribution < 1.29 is 19.1 Å². The van der Waals surface area contributed by atoms with E-state index in [1.807, 2.05) is 0 Å². The first-order valence-corrected chi connectivity index (χ1v) is 6.17. The molecule has 3 rings (SSSR count). The van der Waals surface area contributed by atoms with Gasteiger partial charge in [0, 0.05) is 12.3 Å². The molecule has 104 valence electrons. The molecule has 0 aliphatic carbocycles. The second-order valence-electron chi connectivity index (χ2n) is 4.96. The molecule has 0 radical (unpaired) electrons. The van der Waals surface area contributed by atoms with E-state index < -0.39 is 17.4 Å². The van der Waals surface area contributed by atoms with Gasteiger partial charge in [-0.3, -0.25) is 19.7 Å². The standard InChI is InChI=1S/C13H13N3O4/c14-13(3-4-20-6-13)12(19)15-7-1-2-8-9(5-7)11(18)16-10(8)17/h1-2,5H,3-4,6,14H2,(H,15,19)(H,16,17,18). The van der Waals surface area contributed by atoms with E-state index in [2.05, 4.69) is 10.6 Å². The minimum atomic E-state index is -1.04. The summed E-state index contributed by atoms with van der Waals surface area (Å²) in [4.78, 5) is 35.1. The van der Waals surface area contributed by atoms with Gasteiger partial charge in [-0.15, -0.1) is 0 Å². The monoisotopic (exact) mass is 275 g/mol. The molecular formula is C13H13N3O4. The molecule has 1 fully saturated rings. The molecule has 1 atom stereocenters. The van der Waals surface area contributed by atoms with Crippen molar-refractivity contribution in [2.24, 2.45) is 5.73 Å². The summed E-state index contributed by atoms with van der Waals surface area (Å²) >= 11 is 0. The number of nitrogens with two attached hydrogens (primary N) is 1. The van der Waals surface area contributed by atoms with Crippen molar-refractivity contribution >= 4 is 23.4 Å². The summed E-state index contributed by atoms with van der Waals surface area (Å²) < 4.78 is 5.13. The Morgan fingerprint density at radius 1 is 1.30 bits per heavy atom. The van der Waals surface area contributed by atoms with E-state index in [0.29, 0.717) is 24.3 Å². The van der Waals surface area contributed by atoms with E-state index in [1.54, 1.807) is 6.07 Å². The molecule has 1 unspecified atom stereocenters. The van der Waals surface area contributed by atoms with Gasteiger partial charge in [-0.1, -0.05) is 0 Å². The van der Waals surface area contributed by atoms with Crippen molar-refractivity contribution in [2.45, 2.75) is 12.0 Å². The van der Waals surface area contributed by atoms with Gasteiger partial charge >= 0.3 is 0 Å². The van der Waals surface area contributed by atoms with Crippen LogP contribution in [0.1, 0.15) is 27.1 Å². The minimum Gasteiger partial charge on any atom is -0.379 e. The lowest BCUT2D eigenvalue weighted by Crippen LogP contribution is -2.51. The number of carbonyl (C=O) groups excluding carboxylic acids is 3. The molecule has 3 amide bonds. The number of carbonyl (C=O) groups is 3. The number of nitrogens with one attached hydrogen (secondary N) is 2. The molecule has 1 saturated heterocycles. The minimum absolute atomic E-state index is 0.169. The zero-order valence-electron chi connectivity index (χ0n) is 10.6. The van der Waals surface area contributed by atoms with Gasteiger partial charge in [0.15, 0.2) is 0 Å². The Morgan fingerprint density at radius 3 is 2.75 bits per heavy atom. The van der Waals surface area contributed by atoms with Gasteiger partial charge in [-0.2, -0.15) is 0 Å². The summed E-state index contributed by atoms with van der Waals surface area (Å²) in [6.07, 6.45) is 0.447. The number of fused-ring (bicyclic) bond motifs is 1. The first kappa shape index (κ1) is 12.8. The lowest BCUT2D eigenvalue weighted by atomic mass is 9.99. The van der Waals surface area contributed by atoms with E-state index >= 15 is 0 Å². The van der Waals surface area contributed by atoms with E-state index in [0.717, 1.165) is 0 Å². The van der Waals surface area contributed by atoms with Crippen LogP contribution < -0.4 is 16.4 Å². The van der Waals surface area contributed by atoms with Crippen molar-refractivity contribution in [3.8, 4) is 0 Å². The Bertz CT molecular complexity index is 620. The number of rotatable bonds is 2. The highest BCUT2D eigenvalue weighted by Crippen LogP contribution is 2.22. The lowest BCUT2D eigenvalue weighted by Gasteiger charge is -2.20. The smallest absolute Gasteiger partial charge is 0.259 e. The summed E-state index contributed by atoms with van der Waals surface area (Å²) in [7, 11) is 0. The van der Waals surface area contributed by atoms with Gasteiger partial charge in [0.25, 0.3) is 11.8 Å². The van der Waals surface area contributed by atoms with Gasteiger partial charge < -0.3 is 15.8 Å². The Morgan fingerprint density at radius 2 is 2.05 bits per heavy atom. The zero-order valence-corrected chi connectivity index (χ0v) is 10.6. The largest absolute Gasteiger partial charge is 0.379 e. The highest BCUT2D eigenvalue weighted by molar-refractivity contribution is 6.22. The summed E-state index contributed by atoms with van der Waals surface area (Å²) in [6, 6.07) is 4.53. The molecule has 20 heavy (non-hydrogen) atoms. The van der Waals surface area contributed by atoms with Crippen LogP contribution in [0.25, 0.3) is 0 Å². The Labute approximate surface area is 114 Å². The molecule has 1 aromatic rings. The second kappa shape index (κ2) is 4.39. The maximum absolute atomic E-state index is 12.1. The molecule has 2 aliphatic rings. The highest BCUT2D eigenvalue weighted by Gasteiger charge is 2.38. The third-order valence-corrected chi connectivity index (χ3v) is 3.50. The number of amides is 3. The fourth-order valence-electron chi connectivity index (χ4n) is 2.26. The second-order valence-corrected chi connectivity index (χ2v) is 4.96. The SMILES string of the molecule is NC1(C(=O)Nc2ccc3c(c2)C(=O)NC3=O)CCOC1. The molecule has 4 N–H and O–H groups in total. The average Bonchev–Trinajstić information content (AvgIpc) is 2.96. The van der Waals surface area contributed by atoms with E-state index in [-0.39, 0.29) is 18.1 Å². The van der Waals surface area contributed by atoms with Crippen molar-refractivity contribution in [3.63, 3.8) is 0 Å². The zero-order chi connectivity index (χ0) is 14.3. The van der Waals surface area contributed by atoms with Crippen molar-refractivity contribution in [1.29, 1.82) is 0 Å². The molecule has 7 nitrogen and oxygen atoms in total. The average molecular weight is 275 g/mol. The van der Waals surface area contributed by atoms with Gasteiger partial charge in [0.2, 0.25) is 5.91 Å². The fraction of sp³-hybridized carbons (Fsp3) is 0.308. The van der Waals surface area contributed by atoms with Crippen LogP contribution in [0.3, 0.4) is 0 Å². The molecule has 1 aromatic carbocycles. The fourth-order valence-corrected chi connectivity index (χ4v) is 2.26. The Hall–Kier alpha value is -2.25. The van der Waals surface area contributed by atoms with Crippen LogP contribution in [0.4, 0.5) is 5.69 Å². The number of anilines is 1. The molecule has 0 saturated carbocycles. The molecule has 0 aromatic heterocycles. The molecule has 0 bridgehead atoms. The molecule has 2 heterocycles. The molecular weight excluding hydrogens is 262 g/mol. The van der Waals surface area contributed by atoms with Crippen LogP contribution in [-0.2, 0) is 9.53 Å². The summed E-state index contributed by atoms with van der Waals surface area (Å²) in [5, 5.41) is 4.84. The third-order valence-electron chi connectivity index (χ3n) is 3.50. The van der Waals surface area contributed by atoms with Crippen molar-refractivity contribution in [3.05, 3.63) is 29.3 Å². The van der Waals surface area contributed by atoms with E-state index in [4.69, 9.17) is 10.5 Å². The number of hydrogen-bond acceptors (Lipinski definition) is 5. The van der Waals surface area contributed by atoms with Crippen LogP contribution in [0, 0.1) is 0 Å². The predicted molar refractivity (Wildman–Crippen MR) is 69.2 cm³/mol. The summed E-state index contributed by atoms with van der Waals surface area (Å²) in [5.41, 5.74) is 5.88. The molecule has 0 spiro atoms. The number of ether oxygens (including phenoxy) is 1. The van der Waals surface area contributed by atoms with Gasteiger partial charge in [0.1, 0.15) is 5.54 Å². The van der Waals surface area contributed by atoms with Crippen molar-refractivity contribution in [1.82, 2.24) is 5.32 Å². The summed E-state index contributed by atoms with van der Waals surface area (Å²) in [5.74, 6) is -1.25. The van der Waals surface area contributed by atoms with Crippen molar-refractivity contribution in [2.75, 3.05) is 18.5 Å². The maximum Gasteiger partial charge on any atom is 0.259 e.